The number of likely N-dealkylation sites (N-methyl/N-ethyl adjacent to an activating group) is 1. The molecule has 4 rings (SSSR count). The fourth-order valence-electron chi connectivity index (χ4n) is 3.20. The number of ether oxygens (including phenoxy) is 3. The zero-order valence-corrected chi connectivity index (χ0v) is 14.7. The quantitative estimate of drug-likeness (QED) is 0.917. The number of hydrogen-bond acceptors (Lipinski definition) is 4. The topological polar surface area (TPSA) is 60.0 Å². The zero-order chi connectivity index (χ0) is 17.9. The summed E-state index contributed by atoms with van der Waals surface area (Å²) in [5.41, 5.74) is 2.28. The lowest BCUT2D eigenvalue weighted by molar-refractivity contribution is 0.0715. The summed E-state index contributed by atoms with van der Waals surface area (Å²) in [4.78, 5) is 14.0. The summed E-state index contributed by atoms with van der Waals surface area (Å²) in [7, 11) is 1.76. The number of benzene rings is 2. The van der Waals surface area contributed by atoms with Crippen LogP contribution in [0.3, 0.4) is 0 Å². The van der Waals surface area contributed by atoms with E-state index in [-0.39, 0.29) is 12.1 Å². The van der Waals surface area contributed by atoms with E-state index in [9.17, 15) is 4.79 Å². The van der Waals surface area contributed by atoms with Crippen molar-refractivity contribution in [1.82, 2.24) is 10.2 Å². The number of carbonyl (C=O) groups is 1. The molecule has 6 heteroatoms. The van der Waals surface area contributed by atoms with Crippen LogP contribution in [0.4, 0.5) is 4.79 Å². The second-order valence-corrected chi connectivity index (χ2v) is 6.58. The smallest absolute Gasteiger partial charge is 0.317 e. The van der Waals surface area contributed by atoms with E-state index in [4.69, 9.17) is 14.2 Å². The molecule has 0 saturated carbocycles. The van der Waals surface area contributed by atoms with Crippen LogP contribution in [-0.4, -0.2) is 43.8 Å². The van der Waals surface area contributed by atoms with Gasteiger partial charge in [0.25, 0.3) is 0 Å². The van der Waals surface area contributed by atoms with Crippen LogP contribution < -0.4 is 19.5 Å². The molecular weight excluding hydrogens is 332 g/mol. The van der Waals surface area contributed by atoms with Gasteiger partial charge in [-0.25, -0.2) is 4.79 Å². The van der Waals surface area contributed by atoms with Crippen LogP contribution in [0.5, 0.6) is 17.2 Å². The molecule has 136 valence electrons. The minimum Gasteiger partial charge on any atom is -0.493 e. The number of nitrogens with one attached hydrogen (secondary N) is 1. The molecule has 0 radical (unpaired) electrons. The lowest BCUT2D eigenvalue weighted by Crippen LogP contribution is -2.45. The Morgan fingerprint density at radius 3 is 2.88 bits per heavy atom. The van der Waals surface area contributed by atoms with Gasteiger partial charge >= 0.3 is 6.03 Å². The monoisotopic (exact) mass is 354 g/mol. The maximum absolute atomic E-state index is 12.4. The Hall–Kier alpha value is -2.89. The third-order valence-electron chi connectivity index (χ3n) is 4.59. The van der Waals surface area contributed by atoms with Crippen molar-refractivity contribution in [3.05, 3.63) is 53.6 Å². The summed E-state index contributed by atoms with van der Waals surface area (Å²) >= 11 is 0. The summed E-state index contributed by atoms with van der Waals surface area (Å²) in [6, 6.07) is 13.5. The minimum absolute atomic E-state index is 0.135. The van der Waals surface area contributed by atoms with Gasteiger partial charge in [0.15, 0.2) is 17.6 Å². The number of carbonyl (C=O) groups excluding carboxylic acids is 1. The normalized spacial score (nSPS) is 17.2. The van der Waals surface area contributed by atoms with E-state index in [1.54, 1.807) is 11.9 Å². The highest BCUT2D eigenvalue weighted by molar-refractivity contribution is 5.73. The predicted octanol–water partition coefficient (Wildman–Crippen LogP) is 2.60. The first-order valence-corrected chi connectivity index (χ1v) is 8.81. The number of urea groups is 1. The Balaban J connectivity index is 1.28. The van der Waals surface area contributed by atoms with E-state index in [0.717, 1.165) is 35.8 Å². The zero-order valence-electron chi connectivity index (χ0n) is 14.7. The Kier molecular flexibility index (Phi) is 4.56. The Bertz CT molecular complexity index is 808. The molecule has 2 heterocycles. The van der Waals surface area contributed by atoms with Gasteiger partial charge in [-0.15, -0.1) is 0 Å². The van der Waals surface area contributed by atoms with Crippen LogP contribution in [0.2, 0.25) is 0 Å². The number of rotatable bonds is 4. The van der Waals surface area contributed by atoms with E-state index in [0.29, 0.717) is 19.7 Å². The molecule has 0 aromatic heterocycles. The van der Waals surface area contributed by atoms with Crippen LogP contribution in [0.25, 0.3) is 0 Å². The molecule has 0 fully saturated rings. The van der Waals surface area contributed by atoms with E-state index >= 15 is 0 Å². The fourth-order valence-corrected chi connectivity index (χ4v) is 3.20. The average Bonchev–Trinajstić information content (AvgIpc) is 3.13. The second-order valence-electron chi connectivity index (χ2n) is 6.58. The van der Waals surface area contributed by atoms with Gasteiger partial charge in [0.05, 0.1) is 13.2 Å². The van der Waals surface area contributed by atoms with Gasteiger partial charge < -0.3 is 24.4 Å². The average molecular weight is 354 g/mol. The van der Waals surface area contributed by atoms with Crippen molar-refractivity contribution in [1.29, 1.82) is 0 Å². The molecule has 2 aromatic rings. The van der Waals surface area contributed by atoms with Crippen LogP contribution in [0, 0.1) is 0 Å². The van der Waals surface area contributed by atoms with E-state index in [1.165, 1.54) is 5.56 Å². The highest BCUT2D eigenvalue weighted by atomic mass is 16.6. The lowest BCUT2D eigenvalue weighted by Gasteiger charge is -2.29. The molecular formula is C20H22N2O4. The predicted molar refractivity (Wildman–Crippen MR) is 96.9 cm³/mol. The summed E-state index contributed by atoms with van der Waals surface area (Å²) < 4.78 is 17.1. The number of nitrogens with zero attached hydrogens (tertiary/aromatic N) is 1. The highest BCUT2D eigenvalue weighted by Gasteiger charge is 2.23. The van der Waals surface area contributed by atoms with Crippen LogP contribution >= 0.6 is 0 Å². The van der Waals surface area contributed by atoms with Crippen molar-refractivity contribution < 1.29 is 19.0 Å². The van der Waals surface area contributed by atoms with E-state index < -0.39 is 0 Å². The van der Waals surface area contributed by atoms with Gasteiger partial charge in [0.1, 0.15) is 12.4 Å². The third-order valence-corrected chi connectivity index (χ3v) is 4.59. The Morgan fingerprint density at radius 1 is 1.15 bits per heavy atom. The van der Waals surface area contributed by atoms with Crippen LogP contribution in [-0.2, 0) is 13.0 Å². The highest BCUT2D eigenvalue weighted by Crippen LogP contribution is 2.31. The van der Waals surface area contributed by atoms with Crippen molar-refractivity contribution in [3.8, 4) is 17.2 Å². The maximum atomic E-state index is 12.4. The molecule has 26 heavy (non-hydrogen) atoms. The molecule has 0 bridgehead atoms. The van der Waals surface area contributed by atoms with Crippen molar-refractivity contribution in [3.63, 3.8) is 0 Å². The number of amides is 2. The molecule has 1 N–H and O–H groups in total. The minimum atomic E-state index is -0.183. The van der Waals surface area contributed by atoms with Crippen molar-refractivity contribution in [2.24, 2.45) is 0 Å². The summed E-state index contributed by atoms with van der Waals surface area (Å²) in [5.74, 6) is 2.42. The number of para-hydroxylation sites is 2. The Morgan fingerprint density at radius 2 is 2.00 bits per heavy atom. The molecule has 0 saturated heterocycles. The molecule has 2 amide bonds. The molecule has 2 aliphatic rings. The number of fused-ring (bicyclic) bond motifs is 2. The molecule has 0 spiro atoms. The first-order valence-electron chi connectivity index (χ1n) is 8.81. The van der Waals surface area contributed by atoms with Crippen molar-refractivity contribution >= 4 is 6.03 Å². The van der Waals surface area contributed by atoms with Crippen LogP contribution in [0.15, 0.2) is 42.5 Å². The van der Waals surface area contributed by atoms with Gasteiger partial charge in [-0.1, -0.05) is 24.3 Å². The maximum Gasteiger partial charge on any atom is 0.317 e. The van der Waals surface area contributed by atoms with Gasteiger partial charge in [-0.05, 0) is 29.3 Å². The molecule has 6 nitrogen and oxygen atoms in total. The first-order chi connectivity index (χ1) is 12.7. The molecule has 0 aliphatic carbocycles. The van der Waals surface area contributed by atoms with Gasteiger partial charge in [0.2, 0.25) is 0 Å². The largest absolute Gasteiger partial charge is 0.493 e. The summed E-state index contributed by atoms with van der Waals surface area (Å²) in [6.45, 7) is 2.11. The summed E-state index contributed by atoms with van der Waals surface area (Å²) in [5, 5.41) is 2.95. The second kappa shape index (κ2) is 7.15. The first kappa shape index (κ1) is 16.6. The van der Waals surface area contributed by atoms with Crippen LogP contribution in [0.1, 0.15) is 11.1 Å². The molecule has 2 aromatic carbocycles. The van der Waals surface area contributed by atoms with Gasteiger partial charge in [-0.3, -0.25) is 0 Å². The van der Waals surface area contributed by atoms with E-state index in [1.807, 2.05) is 36.4 Å². The fraction of sp³-hybridized carbons (Fsp3) is 0.350. The SMILES string of the molecule is CN(CC1COc2ccccc2O1)C(=O)NCc1ccc2c(c1)CCO2. The standard InChI is InChI=1S/C20H22N2O4/c1-22(12-16-13-25-18-4-2-3-5-19(18)26-16)20(23)21-11-14-6-7-17-15(10-14)8-9-24-17/h2-7,10,16H,8-9,11-13H2,1H3,(H,21,23). The molecule has 1 unspecified atom stereocenters. The van der Waals surface area contributed by atoms with Gasteiger partial charge in [-0.2, -0.15) is 0 Å². The van der Waals surface area contributed by atoms with Gasteiger partial charge in [0, 0.05) is 20.0 Å². The molecule has 2 aliphatic heterocycles. The van der Waals surface area contributed by atoms with E-state index in [2.05, 4.69) is 11.4 Å². The third kappa shape index (κ3) is 3.54. The summed E-state index contributed by atoms with van der Waals surface area (Å²) in [6.07, 6.45) is 0.745. The van der Waals surface area contributed by atoms with Crippen molar-refractivity contribution in [2.75, 3.05) is 26.8 Å². The lowest BCUT2D eigenvalue weighted by atomic mass is 10.1. The van der Waals surface area contributed by atoms with Crippen molar-refractivity contribution in [2.45, 2.75) is 19.1 Å². The molecule has 1 atom stereocenters. The Labute approximate surface area is 152 Å². The number of hydrogen-bond donors (Lipinski definition) is 1.